The number of methoxy groups -OCH3 is 3. The van der Waals surface area contributed by atoms with E-state index < -0.39 is 0 Å². The molecule has 0 aliphatic rings. The predicted octanol–water partition coefficient (Wildman–Crippen LogP) is 3.78. The molecule has 2 aromatic rings. The summed E-state index contributed by atoms with van der Waals surface area (Å²) in [5, 5.41) is 9.42. The maximum Gasteiger partial charge on any atom is 0.161 e. The predicted molar refractivity (Wildman–Crippen MR) is 86.0 cm³/mol. The van der Waals surface area contributed by atoms with E-state index in [4.69, 9.17) is 14.2 Å². The fraction of sp³-hybridized carbons (Fsp3) is 0.167. The van der Waals surface area contributed by atoms with Gasteiger partial charge in [0.05, 0.1) is 33.0 Å². The van der Waals surface area contributed by atoms with E-state index in [0.717, 1.165) is 16.9 Å². The van der Waals surface area contributed by atoms with Crippen molar-refractivity contribution in [2.45, 2.75) is 0 Å². The average Bonchev–Trinajstić information content (AvgIpc) is 2.59. The molecule has 0 radical (unpaired) electrons. The van der Waals surface area contributed by atoms with Gasteiger partial charge in [-0.05, 0) is 47.5 Å². The Labute approximate surface area is 130 Å². The Kier molecular flexibility index (Phi) is 5.05. The van der Waals surface area contributed by atoms with Gasteiger partial charge in [0.1, 0.15) is 5.75 Å². The van der Waals surface area contributed by atoms with Crippen molar-refractivity contribution in [1.29, 1.82) is 5.26 Å². The number of benzene rings is 2. The molecule has 0 unspecified atom stereocenters. The third-order valence-corrected chi connectivity index (χ3v) is 3.24. The van der Waals surface area contributed by atoms with E-state index in [0.29, 0.717) is 17.1 Å². The van der Waals surface area contributed by atoms with Crippen LogP contribution < -0.4 is 14.2 Å². The van der Waals surface area contributed by atoms with Crippen LogP contribution in [0.2, 0.25) is 0 Å². The Bertz CT molecular complexity index is 712. The number of allylic oxidation sites excluding steroid dienone is 1. The normalized spacial score (nSPS) is 10.7. The SMILES string of the molecule is COc1ccc(/C=C(/C#N)c2ccc(OC)c(OC)c2)cc1. The molecule has 0 amide bonds. The van der Waals surface area contributed by atoms with E-state index in [2.05, 4.69) is 6.07 Å². The monoisotopic (exact) mass is 295 g/mol. The van der Waals surface area contributed by atoms with E-state index in [1.165, 1.54) is 0 Å². The van der Waals surface area contributed by atoms with E-state index in [9.17, 15) is 5.26 Å². The molecule has 22 heavy (non-hydrogen) atoms. The summed E-state index contributed by atoms with van der Waals surface area (Å²) in [6.07, 6.45) is 1.82. The lowest BCUT2D eigenvalue weighted by Gasteiger charge is -2.09. The average molecular weight is 295 g/mol. The number of hydrogen-bond donors (Lipinski definition) is 0. The molecule has 0 aromatic heterocycles. The fourth-order valence-corrected chi connectivity index (χ4v) is 2.05. The first-order valence-corrected chi connectivity index (χ1v) is 6.70. The molecule has 2 rings (SSSR count). The summed E-state index contributed by atoms with van der Waals surface area (Å²) in [6.45, 7) is 0. The molecule has 0 spiro atoms. The van der Waals surface area contributed by atoms with E-state index >= 15 is 0 Å². The van der Waals surface area contributed by atoms with Gasteiger partial charge in [0.2, 0.25) is 0 Å². The summed E-state index contributed by atoms with van der Waals surface area (Å²) in [4.78, 5) is 0. The zero-order valence-corrected chi connectivity index (χ0v) is 12.8. The summed E-state index contributed by atoms with van der Waals surface area (Å²) >= 11 is 0. The van der Waals surface area contributed by atoms with Gasteiger partial charge >= 0.3 is 0 Å². The van der Waals surface area contributed by atoms with E-state index in [1.54, 1.807) is 33.5 Å². The highest BCUT2D eigenvalue weighted by molar-refractivity contribution is 5.90. The number of ether oxygens (including phenoxy) is 3. The Morgan fingerprint density at radius 1 is 0.909 bits per heavy atom. The highest BCUT2D eigenvalue weighted by Crippen LogP contribution is 2.31. The van der Waals surface area contributed by atoms with Crippen LogP contribution in [0, 0.1) is 11.3 Å². The molecule has 0 saturated heterocycles. The maximum absolute atomic E-state index is 9.42. The van der Waals surface area contributed by atoms with E-state index in [-0.39, 0.29) is 0 Å². The van der Waals surface area contributed by atoms with Gasteiger partial charge < -0.3 is 14.2 Å². The third kappa shape index (κ3) is 3.39. The van der Waals surface area contributed by atoms with Gasteiger partial charge in [-0.15, -0.1) is 0 Å². The van der Waals surface area contributed by atoms with Crippen molar-refractivity contribution in [3.8, 4) is 23.3 Å². The minimum Gasteiger partial charge on any atom is -0.497 e. The van der Waals surface area contributed by atoms with Crippen LogP contribution in [-0.4, -0.2) is 21.3 Å². The van der Waals surface area contributed by atoms with Gasteiger partial charge in [0.25, 0.3) is 0 Å². The van der Waals surface area contributed by atoms with Crippen molar-refractivity contribution in [3.05, 3.63) is 53.6 Å². The van der Waals surface area contributed by atoms with Crippen LogP contribution in [0.3, 0.4) is 0 Å². The van der Waals surface area contributed by atoms with Gasteiger partial charge in [0.15, 0.2) is 11.5 Å². The zero-order chi connectivity index (χ0) is 15.9. The topological polar surface area (TPSA) is 51.5 Å². The molecular weight excluding hydrogens is 278 g/mol. The smallest absolute Gasteiger partial charge is 0.161 e. The van der Waals surface area contributed by atoms with Crippen LogP contribution in [0.1, 0.15) is 11.1 Å². The standard InChI is InChI=1S/C18H17NO3/c1-20-16-7-4-13(5-8-16)10-15(12-19)14-6-9-17(21-2)18(11-14)22-3/h4-11H,1-3H3/b15-10-. The van der Waals surface area contributed by atoms with Crippen molar-refractivity contribution in [3.63, 3.8) is 0 Å². The fourth-order valence-electron chi connectivity index (χ4n) is 2.05. The van der Waals surface area contributed by atoms with Crippen molar-refractivity contribution in [1.82, 2.24) is 0 Å². The molecule has 0 atom stereocenters. The molecule has 0 aliphatic heterocycles. The summed E-state index contributed by atoms with van der Waals surface area (Å²) in [6, 6.07) is 15.1. The largest absolute Gasteiger partial charge is 0.497 e. The molecule has 0 saturated carbocycles. The summed E-state index contributed by atoms with van der Waals surface area (Å²) < 4.78 is 15.6. The molecular formula is C18H17NO3. The van der Waals surface area contributed by atoms with Gasteiger partial charge in [-0.25, -0.2) is 0 Å². The third-order valence-electron chi connectivity index (χ3n) is 3.24. The van der Waals surface area contributed by atoms with Crippen LogP contribution in [0.25, 0.3) is 11.6 Å². The minimum atomic E-state index is 0.547. The number of rotatable bonds is 5. The van der Waals surface area contributed by atoms with Crippen LogP contribution in [0.4, 0.5) is 0 Å². The first-order valence-electron chi connectivity index (χ1n) is 6.70. The molecule has 0 heterocycles. The Morgan fingerprint density at radius 3 is 2.14 bits per heavy atom. The molecule has 0 fully saturated rings. The Morgan fingerprint density at radius 2 is 1.59 bits per heavy atom. The first kappa shape index (κ1) is 15.5. The van der Waals surface area contributed by atoms with Gasteiger partial charge in [-0.1, -0.05) is 12.1 Å². The quantitative estimate of drug-likeness (QED) is 0.622. The first-order chi connectivity index (χ1) is 10.7. The maximum atomic E-state index is 9.42. The van der Waals surface area contributed by atoms with Crippen molar-refractivity contribution in [2.75, 3.05) is 21.3 Å². The highest BCUT2D eigenvalue weighted by Gasteiger charge is 2.08. The molecule has 0 N–H and O–H groups in total. The molecule has 0 bridgehead atoms. The van der Waals surface area contributed by atoms with Crippen LogP contribution in [0.15, 0.2) is 42.5 Å². The second kappa shape index (κ2) is 7.19. The lowest BCUT2D eigenvalue weighted by molar-refractivity contribution is 0.355. The van der Waals surface area contributed by atoms with Gasteiger partial charge in [0, 0.05) is 0 Å². The van der Waals surface area contributed by atoms with E-state index in [1.807, 2.05) is 36.4 Å². The van der Waals surface area contributed by atoms with Crippen molar-refractivity contribution >= 4 is 11.6 Å². The number of hydrogen-bond acceptors (Lipinski definition) is 4. The van der Waals surface area contributed by atoms with Gasteiger partial charge in [-0.2, -0.15) is 5.26 Å². The molecule has 4 nitrogen and oxygen atoms in total. The molecule has 0 aliphatic carbocycles. The summed E-state index contributed by atoms with van der Waals surface area (Å²) in [7, 11) is 4.77. The molecule has 2 aromatic carbocycles. The second-order valence-electron chi connectivity index (χ2n) is 4.51. The summed E-state index contributed by atoms with van der Waals surface area (Å²) in [5.41, 5.74) is 2.24. The number of nitriles is 1. The van der Waals surface area contributed by atoms with Crippen LogP contribution >= 0.6 is 0 Å². The molecule has 112 valence electrons. The van der Waals surface area contributed by atoms with Crippen molar-refractivity contribution in [2.24, 2.45) is 0 Å². The highest BCUT2D eigenvalue weighted by atomic mass is 16.5. The lowest BCUT2D eigenvalue weighted by atomic mass is 10.0. The molecule has 4 heteroatoms. The van der Waals surface area contributed by atoms with Crippen LogP contribution in [0.5, 0.6) is 17.2 Å². The second-order valence-corrected chi connectivity index (χ2v) is 4.51. The van der Waals surface area contributed by atoms with Crippen molar-refractivity contribution < 1.29 is 14.2 Å². The summed E-state index contributed by atoms with van der Waals surface area (Å²) in [5.74, 6) is 2.01. The van der Waals surface area contributed by atoms with Gasteiger partial charge in [-0.3, -0.25) is 0 Å². The number of nitrogens with zero attached hydrogens (tertiary/aromatic N) is 1. The zero-order valence-electron chi connectivity index (χ0n) is 12.8. The minimum absolute atomic E-state index is 0.547. The lowest BCUT2D eigenvalue weighted by Crippen LogP contribution is -1.92. The Balaban J connectivity index is 2.38. The van der Waals surface area contributed by atoms with Crippen LogP contribution in [-0.2, 0) is 0 Å². The Hall–Kier alpha value is -2.93.